The maximum absolute atomic E-state index is 10.4. The molecule has 4 nitrogen and oxygen atoms in total. The van der Waals surface area contributed by atoms with E-state index in [9.17, 15) is 5.11 Å². The van der Waals surface area contributed by atoms with Gasteiger partial charge in [0.05, 0.1) is 6.26 Å². The van der Waals surface area contributed by atoms with Crippen LogP contribution in [0.15, 0.2) is 34.5 Å². The zero-order valence-electron chi connectivity index (χ0n) is 13.4. The van der Waals surface area contributed by atoms with Gasteiger partial charge in [0.25, 0.3) is 0 Å². The van der Waals surface area contributed by atoms with E-state index in [1.807, 2.05) is 12.1 Å². The van der Waals surface area contributed by atoms with Crippen LogP contribution in [0.2, 0.25) is 0 Å². The number of hydrogen-bond donors (Lipinski definition) is 2. The summed E-state index contributed by atoms with van der Waals surface area (Å²) in [5.41, 5.74) is 0.438. The molecular weight excluding hydrogens is 264 g/mol. The van der Waals surface area contributed by atoms with Crippen molar-refractivity contribution in [2.24, 2.45) is 0 Å². The molecule has 0 radical (unpaired) electrons. The summed E-state index contributed by atoms with van der Waals surface area (Å²) in [5, 5.41) is 13.9. The lowest BCUT2D eigenvalue weighted by atomic mass is 10.0. The van der Waals surface area contributed by atoms with Crippen LogP contribution in [0.1, 0.15) is 39.4 Å². The van der Waals surface area contributed by atoms with E-state index in [1.54, 1.807) is 13.2 Å². The van der Waals surface area contributed by atoms with Gasteiger partial charge in [-0.15, -0.1) is 0 Å². The van der Waals surface area contributed by atoms with E-state index < -0.39 is 5.60 Å². The lowest BCUT2D eigenvalue weighted by molar-refractivity contribution is 0.0290. The fourth-order valence-corrected chi connectivity index (χ4v) is 2.65. The van der Waals surface area contributed by atoms with Crippen molar-refractivity contribution in [2.45, 2.75) is 45.3 Å². The van der Waals surface area contributed by atoms with Crippen LogP contribution in [0.25, 0.3) is 0 Å². The van der Waals surface area contributed by atoms with Gasteiger partial charge in [-0.3, -0.25) is 4.90 Å². The molecule has 1 aromatic heterocycles. The van der Waals surface area contributed by atoms with Crippen LogP contribution >= 0.6 is 0 Å². The van der Waals surface area contributed by atoms with E-state index >= 15 is 0 Å². The van der Waals surface area contributed by atoms with Gasteiger partial charge in [-0.1, -0.05) is 11.6 Å². The van der Waals surface area contributed by atoms with Crippen molar-refractivity contribution in [2.75, 3.05) is 26.2 Å². The van der Waals surface area contributed by atoms with Crippen molar-refractivity contribution in [1.29, 1.82) is 0 Å². The minimum atomic E-state index is -0.942. The van der Waals surface area contributed by atoms with E-state index in [0.717, 1.165) is 32.5 Å². The average molecular weight is 292 g/mol. The SMILES string of the molecule is CC(C)=CCN1CCC(NCC(C)(O)c2ccco2)CC1. The minimum Gasteiger partial charge on any atom is -0.466 e. The quantitative estimate of drug-likeness (QED) is 0.791. The number of allylic oxidation sites excluding steroid dienone is 1. The number of hydrogen-bond acceptors (Lipinski definition) is 4. The third-order valence-electron chi connectivity index (χ3n) is 4.13. The second-order valence-corrected chi connectivity index (χ2v) is 6.49. The Morgan fingerprint density at radius 3 is 2.76 bits per heavy atom. The third-order valence-corrected chi connectivity index (χ3v) is 4.13. The van der Waals surface area contributed by atoms with E-state index in [2.05, 4.69) is 30.1 Å². The first-order valence-electron chi connectivity index (χ1n) is 7.83. The van der Waals surface area contributed by atoms with Crippen LogP contribution in [-0.4, -0.2) is 42.2 Å². The Labute approximate surface area is 127 Å². The molecule has 21 heavy (non-hydrogen) atoms. The van der Waals surface area contributed by atoms with E-state index in [4.69, 9.17) is 4.42 Å². The van der Waals surface area contributed by atoms with Gasteiger partial charge in [0.15, 0.2) is 0 Å². The molecule has 1 unspecified atom stereocenters. The Morgan fingerprint density at radius 1 is 1.48 bits per heavy atom. The maximum atomic E-state index is 10.4. The van der Waals surface area contributed by atoms with E-state index in [1.165, 1.54) is 5.57 Å². The molecule has 1 saturated heterocycles. The zero-order valence-corrected chi connectivity index (χ0v) is 13.4. The summed E-state index contributed by atoms with van der Waals surface area (Å²) in [6.07, 6.45) is 6.15. The molecule has 2 rings (SSSR count). The van der Waals surface area contributed by atoms with E-state index in [-0.39, 0.29) is 0 Å². The summed E-state index contributed by atoms with van der Waals surface area (Å²) in [6.45, 7) is 9.89. The van der Waals surface area contributed by atoms with Crippen molar-refractivity contribution < 1.29 is 9.52 Å². The molecule has 2 heterocycles. The first-order valence-corrected chi connectivity index (χ1v) is 7.83. The van der Waals surface area contributed by atoms with Crippen molar-refractivity contribution in [3.8, 4) is 0 Å². The number of furan rings is 1. The van der Waals surface area contributed by atoms with Crippen LogP contribution in [0.5, 0.6) is 0 Å². The molecule has 1 aliphatic heterocycles. The first kappa shape index (κ1) is 16.3. The van der Waals surface area contributed by atoms with Gasteiger partial charge < -0.3 is 14.8 Å². The molecule has 2 N–H and O–H groups in total. The van der Waals surface area contributed by atoms with Crippen LogP contribution in [-0.2, 0) is 5.60 Å². The highest BCUT2D eigenvalue weighted by Crippen LogP contribution is 2.21. The molecule has 0 aromatic carbocycles. The predicted molar refractivity (Wildman–Crippen MR) is 85.2 cm³/mol. The number of likely N-dealkylation sites (tertiary alicyclic amines) is 1. The Kier molecular flexibility index (Phi) is 5.62. The Bertz CT molecular complexity index is 439. The number of aliphatic hydroxyl groups is 1. The standard InChI is InChI=1S/C17H28N2O2/c1-14(2)6-9-19-10-7-15(8-11-19)18-13-17(3,20)16-5-4-12-21-16/h4-6,12,15,18,20H,7-11,13H2,1-3H3. The Hall–Kier alpha value is -1.10. The second-order valence-electron chi connectivity index (χ2n) is 6.49. The molecule has 0 aliphatic carbocycles. The van der Waals surface area contributed by atoms with Crippen molar-refractivity contribution in [3.05, 3.63) is 35.8 Å². The van der Waals surface area contributed by atoms with Gasteiger partial charge in [-0.25, -0.2) is 0 Å². The molecule has 0 bridgehead atoms. The highest BCUT2D eigenvalue weighted by molar-refractivity contribution is 5.08. The van der Waals surface area contributed by atoms with Gasteiger partial charge in [0, 0.05) is 19.1 Å². The molecule has 4 heteroatoms. The summed E-state index contributed by atoms with van der Waals surface area (Å²) in [4.78, 5) is 2.48. The van der Waals surface area contributed by atoms with Gasteiger partial charge >= 0.3 is 0 Å². The molecular formula is C17H28N2O2. The first-order chi connectivity index (χ1) is 9.97. The minimum absolute atomic E-state index is 0.481. The third kappa shape index (κ3) is 4.99. The topological polar surface area (TPSA) is 48.6 Å². The molecule has 0 amide bonds. The van der Waals surface area contributed by atoms with Crippen LogP contribution < -0.4 is 5.32 Å². The Balaban J connectivity index is 1.73. The molecule has 118 valence electrons. The number of piperidine rings is 1. The van der Waals surface area contributed by atoms with E-state index in [0.29, 0.717) is 18.3 Å². The maximum Gasteiger partial charge on any atom is 0.136 e. The van der Waals surface area contributed by atoms with Crippen LogP contribution in [0.3, 0.4) is 0 Å². The highest BCUT2D eigenvalue weighted by Gasteiger charge is 2.28. The molecule has 0 spiro atoms. The monoisotopic (exact) mass is 292 g/mol. The summed E-state index contributed by atoms with van der Waals surface area (Å²) >= 11 is 0. The highest BCUT2D eigenvalue weighted by atomic mass is 16.4. The van der Waals surface area contributed by atoms with Gasteiger partial charge in [0.1, 0.15) is 11.4 Å². The van der Waals surface area contributed by atoms with Crippen molar-refractivity contribution >= 4 is 0 Å². The van der Waals surface area contributed by atoms with Crippen LogP contribution in [0.4, 0.5) is 0 Å². The fourth-order valence-electron chi connectivity index (χ4n) is 2.65. The summed E-state index contributed by atoms with van der Waals surface area (Å²) < 4.78 is 5.30. The van der Waals surface area contributed by atoms with Gasteiger partial charge in [-0.2, -0.15) is 0 Å². The summed E-state index contributed by atoms with van der Waals surface area (Å²) in [7, 11) is 0. The molecule has 1 aromatic rings. The van der Waals surface area contributed by atoms with Gasteiger partial charge in [-0.05, 0) is 58.8 Å². The second kappa shape index (κ2) is 7.25. The number of rotatable bonds is 6. The lowest BCUT2D eigenvalue weighted by Crippen LogP contribution is -2.46. The molecule has 1 aliphatic rings. The lowest BCUT2D eigenvalue weighted by Gasteiger charge is -2.33. The average Bonchev–Trinajstić information content (AvgIpc) is 2.99. The zero-order chi connectivity index (χ0) is 15.3. The predicted octanol–water partition coefficient (Wildman–Crippen LogP) is 2.51. The summed E-state index contributed by atoms with van der Waals surface area (Å²) in [5.74, 6) is 0.621. The van der Waals surface area contributed by atoms with Gasteiger partial charge in [0.2, 0.25) is 0 Å². The van der Waals surface area contributed by atoms with Crippen LogP contribution in [0, 0.1) is 0 Å². The molecule has 1 fully saturated rings. The van der Waals surface area contributed by atoms with Crippen molar-refractivity contribution in [3.63, 3.8) is 0 Å². The molecule has 1 atom stereocenters. The number of nitrogens with one attached hydrogen (secondary N) is 1. The normalized spacial score (nSPS) is 20.2. The largest absolute Gasteiger partial charge is 0.466 e. The Morgan fingerprint density at radius 2 is 2.19 bits per heavy atom. The smallest absolute Gasteiger partial charge is 0.136 e. The number of nitrogens with zero attached hydrogens (tertiary/aromatic N) is 1. The van der Waals surface area contributed by atoms with Crippen molar-refractivity contribution in [1.82, 2.24) is 10.2 Å². The molecule has 0 saturated carbocycles. The fraction of sp³-hybridized carbons (Fsp3) is 0.647. The summed E-state index contributed by atoms with van der Waals surface area (Å²) in [6, 6.07) is 4.12.